The molecule has 0 spiro atoms. The normalized spacial score (nSPS) is 21.7. The summed E-state index contributed by atoms with van der Waals surface area (Å²) in [4.78, 5) is 54.8. The number of rotatable bonds is 11. The van der Waals surface area contributed by atoms with E-state index in [0.29, 0.717) is 17.3 Å². The van der Waals surface area contributed by atoms with Gasteiger partial charge in [0.1, 0.15) is 12.7 Å². The second-order valence-electron chi connectivity index (χ2n) is 16.6. The van der Waals surface area contributed by atoms with Gasteiger partial charge < -0.3 is 33.5 Å². The van der Waals surface area contributed by atoms with Gasteiger partial charge in [-0.15, -0.1) is 5.10 Å². The smallest absolute Gasteiger partial charge is 0.311 e. The van der Waals surface area contributed by atoms with E-state index in [4.69, 9.17) is 33.9 Å². The molecule has 13 nitrogen and oxygen atoms in total. The largest absolute Gasteiger partial charge is 0.462 e. The Labute approximate surface area is 329 Å². The number of hydrogen-bond acceptors (Lipinski definition) is 12. The third-order valence-corrected chi connectivity index (χ3v) is 8.52. The first-order chi connectivity index (χ1) is 27.7. The fourth-order valence-electron chi connectivity index (χ4n) is 5.39. The van der Waals surface area contributed by atoms with Crippen LogP contribution in [0.5, 0.6) is 5.88 Å². The Kier molecular flexibility index (Phi) is 11.4. The summed E-state index contributed by atoms with van der Waals surface area (Å²) in [6.07, 6.45) is -7.86. The molecule has 1 aromatic heterocycles. The average molecular weight is 771 g/mol. The minimum Gasteiger partial charge on any atom is -0.462 e. The lowest BCUT2D eigenvalue weighted by molar-refractivity contribution is -0.294. The number of benzene rings is 2. The van der Waals surface area contributed by atoms with Gasteiger partial charge in [0.15, 0.2) is 12.2 Å². The van der Waals surface area contributed by atoms with E-state index < -0.39 is 104 Å². The summed E-state index contributed by atoms with van der Waals surface area (Å²) in [7, 11) is 0. The first kappa shape index (κ1) is 37.4. The molecule has 4 rings (SSSR count). The minimum atomic E-state index is -1.73. The van der Waals surface area contributed by atoms with E-state index in [0.717, 1.165) is 11.1 Å². The molecule has 1 N–H and O–H groups in total. The molecule has 1 aliphatic heterocycles. The van der Waals surface area contributed by atoms with Crippen molar-refractivity contribution in [2.75, 3.05) is 13.2 Å². The van der Waals surface area contributed by atoms with Crippen LogP contribution in [0.15, 0.2) is 48.5 Å². The van der Waals surface area contributed by atoms with Crippen molar-refractivity contribution in [2.24, 2.45) is 21.7 Å². The zero-order chi connectivity index (χ0) is 43.9. The number of carbonyl (C=O) groups excluding carboxylic acids is 4. The van der Waals surface area contributed by atoms with Gasteiger partial charge >= 0.3 is 23.9 Å². The number of nitrogens with zero attached hydrogens (tertiary/aromatic N) is 2. The van der Waals surface area contributed by atoms with E-state index in [-0.39, 0.29) is 25.9 Å². The van der Waals surface area contributed by atoms with Crippen LogP contribution in [0.25, 0.3) is 10.9 Å². The summed E-state index contributed by atoms with van der Waals surface area (Å²) in [6.45, 7) is 9.55. The number of aliphatic hydroxyl groups is 1. The van der Waals surface area contributed by atoms with Crippen LogP contribution in [-0.4, -0.2) is 82.7 Å². The first-order valence-electron chi connectivity index (χ1n) is 20.9. The molecule has 1 saturated heterocycles. The third kappa shape index (κ3) is 10.8. The van der Waals surface area contributed by atoms with Gasteiger partial charge in [-0.05, 0) is 107 Å². The fraction of sp³-hybridized carbons (Fsp3) is 0.595. The SMILES string of the molecule is [2H]CC(C)(C)C(=O)OC[C@H]1OC(Oc2nn(CCO)c3cccc(Cc4ccccc4)c23)[C@H](OC(=O)C(C)(C)C[2H])[C@@H](OC(=O)C(C)(C)C[2H])[C@@H]1OC(=O)C(C)(C)C[2H]. The van der Waals surface area contributed by atoms with Gasteiger partial charge in [-0.2, -0.15) is 0 Å². The maximum absolute atomic E-state index is 13.9. The highest BCUT2D eigenvalue weighted by molar-refractivity contribution is 5.88. The number of hydrogen-bond donors (Lipinski definition) is 1. The van der Waals surface area contributed by atoms with Crippen LogP contribution in [0.3, 0.4) is 0 Å². The van der Waals surface area contributed by atoms with Crippen LogP contribution in [0, 0.1) is 21.7 Å². The highest BCUT2D eigenvalue weighted by Gasteiger charge is 2.56. The van der Waals surface area contributed by atoms with Gasteiger partial charge in [-0.3, -0.25) is 23.9 Å². The van der Waals surface area contributed by atoms with Crippen molar-refractivity contribution in [1.29, 1.82) is 0 Å². The number of aromatic nitrogens is 2. The number of esters is 4. The van der Waals surface area contributed by atoms with E-state index >= 15 is 0 Å². The predicted octanol–water partition coefficient (Wildman–Crippen LogP) is 6.19. The minimum absolute atomic E-state index is 0.0146. The zero-order valence-electron chi connectivity index (χ0n) is 37.1. The highest BCUT2D eigenvalue weighted by atomic mass is 16.7. The Bertz CT molecular complexity index is 1940. The maximum Gasteiger partial charge on any atom is 0.311 e. The molecule has 1 unspecified atom stereocenters. The molecule has 13 heteroatoms. The molecule has 1 fully saturated rings. The van der Waals surface area contributed by atoms with Crippen LogP contribution in [0.1, 0.15) is 99.6 Å². The van der Waals surface area contributed by atoms with Gasteiger partial charge in [0.2, 0.25) is 18.3 Å². The number of aliphatic hydroxyl groups excluding tert-OH is 1. The van der Waals surface area contributed by atoms with Crippen molar-refractivity contribution in [3.8, 4) is 5.88 Å². The summed E-state index contributed by atoms with van der Waals surface area (Å²) in [5.74, 6) is -3.53. The van der Waals surface area contributed by atoms with Crippen molar-refractivity contribution in [2.45, 2.75) is 127 Å². The topological polar surface area (TPSA) is 162 Å². The summed E-state index contributed by atoms with van der Waals surface area (Å²) >= 11 is 0. The number of fused-ring (bicyclic) bond motifs is 1. The lowest BCUT2D eigenvalue weighted by atomic mass is 9.93. The van der Waals surface area contributed by atoms with Crippen molar-refractivity contribution in [1.82, 2.24) is 9.78 Å². The fourth-order valence-corrected chi connectivity index (χ4v) is 5.39. The van der Waals surface area contributed by atoms with Gasteiger partial charge in [0, 0.05) is 5.48 Å². The third-order valence-electron chi connectivity index (χ3n) is 8.52. The van der Waals surface area contributed by atoms with Gasteiger partial charge in [0.25, 0.3) is 0 Å². The zero-order valence-corrected chi connectivity index (χ0v) is 33.1. The quantitative estimate of drug-likeness (QED) is 0.174. The Hall–Kier alpha value is -4.49. The van der Waals surface area contributed by atoms with Crippen LogP contribution in [-0.2, 0) is 55.8 Å². The van der Waals surface area contributed by atoms with Gasteiger partial charge in [0.05, 0.1) is 45.7 Å². The summed E-state index contributed by atoms with van der Waals surface area (Å²) in [5.41, 5.74) is -3.10. The Balaban J connectivity index is 1.97. The predicted molar refractivity (Wildman–Crippen MR) is 204 cm³/mol. The number of carbonyl (C=O) groups is 4. The lowest BCUT2D eigenvalue weighted by Gasteiger charge is -2.45. The Morgan fingerprint density at radius 3 is 1.85 bits per heavy atom. The van der Waals surface area contributed by atoms with E-state index in [1.807, 2.05) is 42.5 Å². The summed E-state index contributed by atoms with van der Waals surface area (Å²) < 4.78 is 70.5. The van der Waals surface area contributed by atoms with E-state index in [2.05, 4.69) is 5.10 Å². The number of ether oxygens (including phenoxy) is 6. The molecule has 2 heterocycles. The van der Waals surface area contributed by atoms with Gasteiger partial charge in [-0.1, -0.05) is 42.5 Å². The second-order valence-corrected chi connectivity index (χ2v) is 16.6. The molecular weight excluding hydrogens is 708 g/mol. The maximum atomic E-state index is 13.9. The molecular formula is C42H58N2O11. The van der Waals surface area contributed by atoms with E-state index in [1.165, 1.54) is 60.1 Å². The summed E-state index contributed by atoms with van der Waals surface area (Å²) in [5, 5.41) is 15.2. The molecule has 0 radical (unpaired) electrons. The highest BCUT2D eigenvalue weighted by Crippen LogP contribution is 2.37. The standard InChI is InChI=1S/C42H58N2O11/c1-39(2,3)35(46)50-24-28-30(52-36(47)40(4,5)6)31(53-37(48)41(7,8)9)32(54-38(49)42(10,11)12)34(51-28)55-33-29-26(23-25-17-14-13-15-18-25)19-16-20-27(29)44(43-33)21-22-45/h13-20,28,30-32,34,45H,21-24H2,1-12H3/t28-,30-,31+,32-,34?/m1/s1/i1D,4D,7D,10D. The molecule has 0 saturated carbocycles. The first-order valence-corrected chi connectivity index (χ1v) is 18.1. The average Bonchev–Trinajstić information content (AvgIpc) is 3.56. The molecule has 2 aromatic carbocycles. The molecule has 0 bridgehead atoms. The van der Waals surface area contributed by atoms with Crippen LogP contribution < -0.4 is 4.74 Å². The molecule has 5 atom stereocenters. The molecule has 3 aromatic rings. The second kappa shape index (κ2) is 16.7. The van der Waals surface area contributed by atoms with Crippen molar-refractivity contribution in [3.63, 3.8) is 0 Å². The Morgan fingerprint density at radius 1 is 0.745 bits per heavy atom. The van der Waals surface area contributed by atoms with Crippen LogP contribution in [0.4, 0.5) is 0 Å². The van der Waals surface area contributed by atoms with E-state index in [9.17, 15) is 24.3 Å². The van der Waals surface area contributed by atoms with Gasteiger partial charge in [-0.25, -0.2) is 0 Å². The van der Waals surface area contributed by atoms with Crippen molar-refractivity contribution in [3.05, 3.63) is 59.7 Å². The molecule has 302 valence electrons. The Morgan fingerprint density at radius 2 is 1.29 bits per heavy atom. The molecule has 0 amide bonds. The molecule has 0 aliphatic carbocycles. The van der Waals surface area contributed by atoms with Crippen LogP contribution >= 0.6 is 0 Å². The van der Waals surface area contributed by atoms with Crippen LogP contribution in [0.2, 0.25) is 0 Å². The van der Waals surface area contributed by atoms with Crippen molar-refractivity contribution >= 4 is 34.8 Å². The van der Waals surface area contributed by atoms with Crippen molar-refractivity contribution < 1.29 is 58.2 Å². The molecule has 1 aliphatic rings. The molecule has 55 heavy (non-hydrogen) atoms. The van der Waals surface area contributed by atoms with E-state index in [1.54, 1.807) is 6.07 Å². The monoisotopic (exact) mass is 770 g/mol. The lowest BCUT2D eigenvalue weighted by Crippen LogP contribution is -2.65. The summed E-state index contributed by atoms with van der Waals surface area (Å²) in [6, 6.07) is 15.2.